The molecule has 0 aromatic heterocycles. The van der Waals surface area contributed by atoms with Crippen molar-refractivity contribution in [3.05, 3.63) is 94.5 Å². The number of rotatable bonds is 7. The molecule has 2 aliphatic heterocycles. The van der Waals surface area contributed by atoms with Crippen LogP contribution < -0.4 is 14.8 Å². The fourth-order valence-corrected chi connectivity index (χ4v) is 5.28. The maximum Gasteiger partial charge on any atom is 0.227 e. The third kappa shape index (κ3) is 5.80. The van der Waals surface area contributed by atoms with Crippen molar-refractivity contribution >= 4 is 17.5 Å². The minimum atomic E-state index is -0.0743. The summed E-state index contributed by atoms with van der Waals surface area (Å²) >= 11 is 6.57. The standard InChI is InChI=1S/C29H31ClN2O3/c30-25-16-23(18-27-28(25)35-15-7-14-34-27)20-32(19-22-10-5-2-6-11-22)29(33)24-12-13-31-26(24)17-21-8-3-1-4-9-21/h1-6,8-11,16,18,24,26,31H,7,12-15,17,19-20H2. The molecule has 2 atom stereocenters. The van der Waals surface area contributed by atoms with Gasteiger partial charge in [-0.2, -0.15) is 0 Å². The molecular weight excluding hydrogens is 460 g/mol. The molecule has 1 saturated heterocycles. The third-order valence-corrected chi connectivity index (χ3v) is 7.01. The minimum Gasteiger partial charge on any atom is -0.489 e. The highest BCUT2D eigenvalue weighted by Gasteiger charge is 2.35. The predicted octanol–water partition coefficient (Wildman–Crippen LogP) is 5.25. The Morgan fingerprint density at radius 3 is 2.37 bits per heavy atom. The second-order valence-corrected chi connectivity index (χ2v) is 9.69. The quantitative estimate of drug-likeness (QED) is 0.491. The Bertz CT molecular complexity index is 1140. The van der Waals surface area contributed by atoms with Crippen LogP contribution >= 0.6 is 11.6 Å². The summed E-state index contributed by atoms with van der Waals surface area (Å²) in [7, 11) is 0. The van der Waals surface area contributed by atoms with E-state index in [1.807, 2.05) is 41.3 Å². The van der Waals surface area contributed by atoms with Gasteiger partial charge in [-0.1, -0.05) is 72.3 Å². The third-order valence-electron chi connectivity index (χ3n) is 6.73. The molecule has 1 N–H and O–H groups in total. The molecule has 1 fully saturated rings. The molecule has 6 heteroatoms. The molecular formula is C29H31ClN2O3. The van der Waals surface area contributed by atoms with Crippen molar-refractivity contribution in [1.82, 2.24) is 10.2 Å². The zero-order valence-corrected chi connectivity index (χ0v) is 20.5. The van der Waals surface area contributed by atoms with Crippen LogP contribution in [0, 0.1) is 5.92 Å². The Hall–Kier alpha value is -3.02. The molecule has 3 aromatic carbocycles. The van der Waals surface area contributed by atoms with E-state index in [0.29, 0.717) is 42.8 Å². The molecule has 1 amide bonds. The van der Waals surface area contributed by atoms with Crippen molar-refractivity contribution < 1.29 is 14.3 Å². The summed E-state index contributed by atoms with van der Waals surface area (Å²) in [6.45, 7) is 3.03. The van der Waals surface area contributed by atoms with Gasteiger partial charge in [0.25, 0.3) is 0 Å². The molecule has 2 aliphatic rings. The molecule has 5 rings (SSSR count). The summed E-state index contributed by atoms with van der Waals surface area (Å²) in [6.07, 6.45) is 2.49. The maximum atomic E-state index is 14.0. The van der Waals surface area contributed by atoms with Crippen LogP contribution in [-0.2, 0) is 24.3 Å². The lowest BCUT2D eigenvalue weighted by Gasteiger charge is -2.29. The Balaban J connectivity index is 1.39. The van der Waals surface area contributed by atoms with Crippen molar-refractivity contribution in [2.45, 2.75) is 38.4 Å². The van der Waals surface area contributed by atoms with Gasteiger partial charge in [-0.3, -0.25) is 4.79 Å². The summed E-state index contributed by atoms with van der Waals surface area (Å²) in [5, 5.41) is 4.09. The highest BCUT2D eigenvalue weighted by molar-refractivity contribution is 6.32. The Kier molecular flexibility index (Phi) is 7.55. The second-order valence-electron chi connectivity index (χ2n) is 9.28. The van der Waals surface area contributed by atoms with E-state index >= 15 is 0 Å². The smallest absolute Gasteiger partial charge is 0.227 e. The number of nitrogens with one attached hydrogen (secondary N) is 1. The van der Waals surface area contributed by atoms with Gasteiger partial charge in [0.15, 0.2) is 11.5 Å². The zero-order valence-electron chi connectivity index (χ0n) is 19.8. The number of carbonyl (C=O) groups excluding carboxylic acids is 1. The molecule has 3 aromatic rings. The summed E-state index contributed by atoms with van der Waals surface area (Å²) in [4.78, 5) is 15.9. The van der Waals surface area contributed by atoms with Gasteiger partial charge >= 0.3 is 0 Å². The fourth-order valence-electron chi connectivity index (χ4n) is 4.99. The Morgan fingerprint density at radius 1 is 0.914 bits per heavy atom. The highest BCUT2D eigenvalue weighted by atomic mass is 35.5. The van der Waals surface area contributed by atoms with Crippen LogP contribution in [0.25, 0.3) is 0 Å². The maximum absolute atomic E-state index is 14.0. The summed E-state index contributed by atoms with van der Waals surface area (Å²) < 4.78 is 11.7. The molecule has 0 spiro atoms. The lowest BCUT2D eigenvalue weighted by Crippen LogP contribution is -2.41. The number of hydrogen-bond donors (Lipinski definition) is 1. The van der Waals surface area contributed by atoms with Crippen LogP contribution in [0.4, 0.5) is 0 Å². The van der Waals surface area contributed by atoms with Gasteiger partial charge in [0.05, 0.1) is 24.2 Å². The molecule has 0 saturated carbocycles. The number of carbonyl (C=O) groups is 1. The van der Waals surface area contributed by atoms with Crippen molar-refractivity contribution in [3.8, 4) is 11.5 Å². The summed E-state index contributed by atoms with van der Waals surface area (Å²) in [5.41, 5.74) is 3.29. The van der Waals surface area contributed by atoms with E-state index < -0.39 is 0 Å². The first-order valence-corrected chi connectivity index (χ1v) is 12.7. The van der Waals surface area contributed by atoms with Gasteiger partial charge in [0.1, 0.15) is 0 Å². The molecule has 0 bridgehead atoms. The Labute approximate surface area is 212 Å². The lowest BCUT2D eigenvalue weighted by molar-refractivity contribution is -0.137. The highest BCUT2D eigenvalue weighted by Crippen LogP contribution is 2.38. The van der Waals surface area contributed by atoms with E-state index in [1.54, 1.807) is 0 Å². The molecule has 5 nitrogen and oxygen atoms in total. The van der Waals surface area contributed by atoms with Crippen LogP contribution in [0.5, 0.6) is 11.5 Å². The fraction of sp³-hybridized carbons (Fsp3) is 0.345. The van der Waals surface area contributed by atoms with E-state index in [0.717, 1.165) is 36.9 Å². The van der Waals surface area contributed by atoms with Crippen molar-refractivity contribution in [3.63, 3.8) is 0 Å². The zero-order chi connectivity index (χ0) is 24.0. The first kappa shape index (κ1) is 23.7. The van der Waals surface area contributed by atoms with Gasteiger partial charge in [-0.25, -0.2) is 0 Å². The Morgan fingerprint density at radius 2 is 1.60 bits per heavy atom. The normalized spacial score (nSPS) is 19.2. The van der Waals surface area contributed by atoms with Crippen LogP contribution in [-0.4, -0.2) is 36.6 Å². The van der Waals surface area contributed by atoms with Crippen LogP contribution in [0.15, 0.2) is 72.8 Å². The first-order chi connectivity index (χ1) is 17.2. The molecule has 0 radical (unpaired) electrons. The second kappa shape index (κ2) is 11.1. The van der Waals surface area contributed by atoms with Crippen molar-refractivity contribution in [1.29, 1.82) is 0 Å². The van der Waals surface area contributed by atoms with E-state index in [9.17, 15) is 4.79 Å². The average molecular weight is 491 g/mol. The number of amides is 1. The van der Waals surface area contributed by atoms with Crippen LogP contribution in [0.1, 0.15) is 29.5 Å². The lowest BCUT2D eigenvalue weighted by atomic mass is 9.93. The average Bonchev–Trinajstić information content (AvgIpc) is 3.19. The number of halogens is 1. The van der Waals surface area contributed by atoms with Gasteiger partial charge in [0, 0.05) is 25.6 Å². The number of fused-ring (bicyclic) bond motifs is 1. The number of benzene rings is 3. The first-order valence-electron chi connectivity index (χ1n) is 12.4. The van der Waals surface area contributed by atoms with E-state index in [4.69, 9.17) is 21.1 Å². The number of hydrogen-bond acceptors (Lipinski definition) is 4. The summed E-state index contributed by atoms with van der Waals surface area (Å²) in [5.74, 6) is 1.34. The largest absolute Gasteiger partial charge is 0.489 e. The van der Waals surface area contributed by atoms with Gasteiger partial charge < -0.3 is 19.7 Å². The van der Waals surface area contributed by atoms with Gasteiger partial charge in [0.2, 0.25) is 5.91 Å². The summed E-state index contributed by atoms with van der Waals surface area (Å²) in [6, 6.07) is 24.5. The molecule has 0 aliphatic carbocycles. The van der Waals surface area contributed by atoms with Crippen molar-refractivity contribution in [2.75, 3.05) is 19.8 Å². The van der Waals surface area contributed by atoms with Gasteiger partial charge in [-0.15, -0.1) is 0 Å². The monoisotopic (exact) mass is 490 g/mol. The van der Waals surface area contributed by atoms with Gasteiger partial charge in [-0.05, 0) is 48.2 Å². The molecule has 182 valence electrons. The van der Waals surface area contributed by atoms with Crippen LogP contribution in [0.3, 0.4) is 0 Å². The van der Waals surface area contributed by atoms with E-state index in [1.165, 1.54) is 5.56 Å². The van der Waals surface area contributed by atoms with E-state index in [-0.39, 0.29) is 17.9 Å². The molecule has 2 unspecified atom stereocenters. The molecule has 2 heterocycles. The topological polar surface area (TPSA) is 50.8 Å². The van der Waals surface area contributed by atoms with Crippen molar-refractivity contribution in [2.24, 2.45) is 5.92 Å². The predicted molar refractivity (Wildman–Crippen MR) is 138 cm³/mol. The SMILES string of the molecule is O=C(C1CCNC1Cc1ccccc1)N(Cc1ccccc1)Cc1cc(Cl)c2c(c1)OCCCO2. The number of nitrogens with zero attached hydrogens (tertiary/aromatic N) is 1. The molecule has 35 heavy (non-hydrogen) atoms. The van der Waals surface area contributed by atoms with E-state index in [2.05, 4.69) is 41.7 Å². The number of ether oxygens (including phenoxy) is 2. The van der Waals surface area contributed by atoms with Crippen LogP contribution in [0.2, 0.25) is 5.02 Å². The minimum absolute atomic E-state index is 0.0743.